The number of halogens is 1. The van der Waals surface area contributed by atoms with Crippen LogP contribution in [-0.4, -0.2) is 25.2 Å². The molecule has 1 atom stereocenters. The fourth-order valence-electron chi connectivity index (χ4n) is 3.02. The molecule has 5 nitrogen and oxygen atoms in total. The Balaban J connectivity index is 1.41. The van der Waals surface area contributed by atoms with Gasteiger partial charge in [-0.05, 0) is 29.3 Å². The van der Waals surface area contributed by atoms with E-state index in [1.807, 2.05) is 30.3 Å². The number of hydrogen-bond acceptors (Lipinski definition) is 4. The summed E-state index contributed by atoms with van der Waals surface area (Å²) in [5, 5.41) is 3.40. The topological polar surface area (TPSA) is 56.8 Å². The van der Waals surface area contributed by atoms with Gasteiger partial charge in [0.05, 0.1) is 18.2 Å². The molecule has 0 fully saturated rings. The Morgan fingerprint density at radius 1 is 1.16 bits per heavy atom. The second kappa shape index (κ2) is 6.84. The number of carbonyl (C=O) groups is 1. The van der Waals surface area contributed by atoms with Crippen molar-refractivity contribution < 1.29 is 19.0 Å². The summed E-state index contributed by atoms with van der Waals surface area (Å²) in [7, 11) is 0. The molecular weight excluding hydrogens is 342 g/mol. The SMILES string of the molecule is O=C(NCc1cc(Cl)c2c(c1)OCCCO2)C1Cc2ccccc2O1. The number of rotatable bonds is 3. The molecule has 0 saturated heterocycles. The van der Waals surface area contributed by atoms with Gasteiger partial charge in [-0.3, -0.25) is 4.79 Å². The van der Waals surface area contributed by atoms with Crippen molar-refractivity contribution in [3.05, 3.63) is 52.5 Å². The van der Waals surface area contributed by atoms with Gasteiger partial charge >= 0.3 is 0 Å². The molecule has 0 aliphatic carbocycles. The van der Waals surface area contributed by atoms with Crippen LogP contribution in [0.25, 0.3) is 0 Å². The van der Waals surface area contributed by atoms with E-state index in [-0.39, 0.29) is 5.91 Å². The molecule has 2 aromatic rings. The molecule has 2 aromatic carbocycles. The molecule has 1 unspecified atom stereocenters. The molecule has 6 heteroatoms. The molecule has 130 valence electrons. The molecule has 0 radical (unpaired) electrons. The van der Waals surface area contributed by atoms with E-state index in [4.69, 9.17) is 25.8 Å². The van der Waals surface area contributed by atoms with E-state index < -0.39 is 6.10 Å². The number of para-hydroxylation sites is 1. The zero-order valence-electron chi connectivity index (χ0n) is 13.6. The van der Waals surface area contributed by atoms with Crippen LogP contribution in [-0.2, 0) is 17.8 Å². The number of benzene rings is 2. The summed E-state index contributed by atoms with van der Waals surface area (Å²) in [5.41, 5.74) is 1.92. The van der Waals surface area contributed by atoms with Gasteiger partial charge in [-0.1, -0.05) is 29.8 Å². The second-order valence-electron chi connectivity index (χ2n) is 6.09. The van der Waals surface area contributed by atoms with Crippen molar-refractivity contribution in [3.8, 4) is 17.2 Å². The number of ether oxygens (including phenoxy) is 3. The first-order valence-electron chi connectivity index (χ1n) is 8.31. The zero-order valence-corrected chi connectivity index (χ0v) is 14.3. The van der Waals surface area contributed by atoms with Crippen molar-refractivity contribution in [1.82, 2.24) is 5.32 Å². The Labute approximate surface area is 150 Å². The number of amides is 1. The minimum absolute atomic E-state index is 0.139. The lowest BCUT2D eigenvalue weighted by Crippen LogP contribution is -2.37. The summed E-state index contributed by atoms with van der Waals surface area (Å²) in [6, 6.07) is 11.4. The fraction of sp³-hybridized carbons (Fsp3) is 0.316. The first kappa shape index (κ1) is 16.1. The largest absolute Gasteiger partial charge is 0.489 e. The number of hydrogen-bond donors (Lipinski definition) is 1. The van der Waals surface area contributed by atoms with Crippen molar-refractivity contribution in [2.24, 2.45) is 0 Å². The van der Waals surface area contributed by atoms with Crippen LogP contribution in [0.15, 0.2) is 36.4 Å². The molecule has 0 saturated carbocycles. The van der Waals surface area contributed by atoms with Crippen LogP contribution in [0.4, 0.5) is 0 Å². The predicted molar refractivity (Wildman–Crippen MR) is 93.5 cm³/mol. The standard InChI is InChI=1S/C19H18ClNO4/c20-14-8-12(9-16-18(14)24-7-3-6-23-16)11-21-19(22)17-10-13-4-1-2-5-15(13)25-17/h1-2,4-5,8-9,17H,3,6-7,10-11H2,(H,21,22). The molecule has 1 amide bonds. The smallest absolute Gasteiger partial charge is 0.261 e. The van der Waals surface area contributed by atoms with Crippen LogP contribution >= 0.6 is 11.6 Å². The summed E-state index contributed by atoms with van der Waals surface area (Å²) < 4.78 is 17.0. The van der Waals surface area contributed by atoms with Crippen molar-refractivity contribution in [2.45, 2.75) is 25.5 Å². The van der Waals surface area contributed by atoms with Gasteiger partial charge < -0.3 is 19.5 Å². The van der Waals surface area contributed by atoms with Crippen LogP contribution in [0.2, 0.25) is 5.02 Å². The van der Waals surface area contributed by atoms with Gasteiger partial charge in [0.25, 0.3) is 5.91 Å². The third kappa shape index (κ3) is 3.37. The fourth-order valence-corrected chi connectivity index (χ4v) is 3.31. The van der Waals surface area contributed by atoms with Gasteiger partial charge in [-0.2, -0.15) is 0 Å². The first-order valence-corrected chi connectivity index (χ1v) is 8.69. The maximum absolute atomic E-state index is 12.4. The Morgan fingerprint density at radius 3 is 2.88 bits per heavy atom. The van der Waals surface area contributed by atoms with E-state index in [2.05, 4.69) is 5.32 Å². The lowest BCUT2D eigenvalue weighted by Gasteiger charge is -2.14. The summed E-state index contributed by atoms with van der Waals surface area (Å²) >= 11 is 6.28. The lowest BCUT2D eigenvalue weighted by atomic mass is 10.1. The van der Waals surface area contributed by atoms with E-state index in [0.717, 1.165) is 23.3 Å². The number of nitrogens with one attached hydrogen (secondary N) is 1. The highest BCUT2D eigenvalue weighted by Crippen LogP contribution is 2.38. The molecule has 1 N–H and O–H groups in total. The molecule has 0 aromatic heterocycles. The molecule has 0 bridgehead atoms. The molecule has 2 aliphatic rings. The van der Waals surface area contributed by atoms with E-state index in [1.165, 1.54) is 0 Å². The minimum Gasteiger partial charge on any atom is -0.489 e. The predicted octanol–water partition coefficient (Wildman–Crippen LogP) is 3.12. The molecule has 2 heterocycles. The maximum atomic E-state index is 12.4. The van der Waals surface area contributed by atoms with Crippen LogP contribution in [0.5, 0.6) is 17.2 Å². The Hall–Kier alpha value is -2.40. The van der Waals surface area contributed by atoms with Crippen molar-refractivity contribution in [1.29, 1.82) is 0 Å². The highest BCUT2D eigenvalue weighted by atomic mass is 35.5. The van der Waals surface area contributed by atoms with Crippen molar-refractivity contribution >= 4 is 17.5 Å². The summed E-state index contributed by atoms with van der Waals surface area (Å²) in [6.45, 7) is 1.53. The zero-order chi connectivity index (χ0) is 17.2. The van der Waals surface area contributed by atoms with Gasteiger partial charge in [0, 0.05) is 19.4 Å². The van der Waals surface area contributed by atoms with E-state index in [1.54, 1.807) is 6.07 Å². The summed E-state index contributed by atoms with van der Waals surface area (Å²) in [4.78, 5) is 12.4. The minimum atomic E-state index is -0.492. The quantitative estimate of drug-likeness (QED) is 0.914. The van der Waals surface area contributed by atoms with Gasteiger partial charge in [0.15, 0.2) is 17.6 Å². The average molecular weight is 360 g/mol. The van der Waals surface area contributed by atoms with Crippen molar-refractivity contribution in [3.63, 3.8) is 0 Å². The van der Waals surface area contributed by atoms with Crippen LogP contribution in [0.1, 0.15) is 17.5 Å². The molecule has 25 heavy (non-hydrogen) atoms. The molecule has 2 aliphatic heterocycles. The normalized spacial score (nSPS) is 18.0. The Bertz CT molecular complexity index is 783. The van der Waals surface area contributed by atoms with Gasteiger partial charge in [-0.25, -0.2) is 0 Å². The summed E-state index contributed by atoms with van der Waals surface area (Å²) in [5.74, 6) is 1.84. The second-order valence-corrected chi connectivity index (χ2v) is 6.50. The molecular formula is C19H18ClNO4. The monoisotopic (exact) mass is 359 g/mol. The third-order valence-corrected chi connectivity index (χ3v) is 4.55. The van der Waals surface area contributed by atoms with Crippen LogP contribution in [0.3, 0.4) is 0 Å². The van der Waals surface area contributed by atoms with E-state index in [0.29, 0.717) is 42.7 Å². The van der Waals surface area contributed by atoms with Gasteiger partial charge in [0.1, 0.15) is 5.75 Å². The van der Waals surface area contributed by atoms with E-state index >= 15 is 0 Å². The third-order valence-electron chi connectivity index (χ3n) is 4.27. The highest BCUT2D eigenvalue weighted by Gasteiger charge is 2.28. The van der Waals surface area contributed by atoms with Gasteiger partial charge in [-0.15, -0.1) is 0 Å². The van der Waals surface area contributed by atoms with E-state index in [9.17, 15) is 4.79 Å². The number of fused-ring (bicyclic) bond motifs is 2. The first-order chi connectivity index (χ1) is 12.2. The summed E-state index contributed by atoms with van der Waals surface area (Å²) in [6.07, 6.45) is 0.911. The number of carbonyl (C=O) groups excluding carboxylic acids is 1. The molecule has 4 rings (SSSR count). The van der Waals surface area contributed by atoms with Crippen molar-refractivity contribution in [2.75, 3.05) is 13.2 Å². The lowest BCUT2D eigenvalue weighted by molar-refractivity contribution is -0.127. The Kier molecular flexibility index (Phi) is 4.40. The van der Waals surface area contributed by atoms with Crippen LogP contribution in [0, 0.1) is 0 Å². The molecule has 0 spiro atoms. The van der Waals surface area contributed by atoms with Crippen LogP contribution < -0.4 is 19.5 Å². The Morgan fingerprint density at radius 2 is 2.00 bits per heavy atom. The average Bonchev–Trinajstić information content (AvgIpc) is 2.91. The maximum Gasteiger partial charge on any atom is 0.261 e. The highest BCUT2D eigenvalue weighted by molar-refractivity contribution is 6.32. The van der Waals surface area contributed by atoms with Gasteiger partial charge in [0.2, 0.25) is 0 Å².